The Morgan fingerprint density at radius 2 is 1.61 bits per heavy atom. The van der Waals surface area contributed by atoms with E-state index in [1.807, 2.05) is 54.6 Å². The lowest BCUT2D eigenvalue weighted by Crippen LogP contribution is -1.83. The van der Waals surface area contributed by atoms with Crippen LogP contribution in [0.3, 0.4) is 0 Å². The first-order chi connectivity index (χ1) is 8.83. The zero-order valence-electron chi connectivity index (χ0n) is 9.37. The van der Waals surface area contributed by atoms with E-state index in [-0.39, 0.29) is 4.94 Å². The zero-order chi connectivity index (χ0) is 12.4. The molecule has 88 valence electrons. The molecule has 4 heteroatoms. The van der Waals surface area contributed by atoms with Gasteiger partial charge < -0.3 is 4.42 Å². The van der Waals surface area contributed by atoms with E-state index in [0.29, 0.717) is 5.89 Å². The van der Waals surface area contributed by atoms with Crippen LogP contribution in [0.25, 0.3) is 22.6 Å². The SMILES string of the molecule is O=c1oc(-c2cccc(-c3ccccc3)c2)ns1. The largest absolute Gasteiger partial charge is 0.414 e. The number of nitrogens with zero attached hydrogens (tertiary/aromatic N) is 1. The number of hydrogen-bond acceptors (Lipinski definition) is 4. The zero-order valence-corrected chi connectivity index (χ0v) is 10.2. The average molecular weight is 255 g/mol. The van der Waals surface area contributed by atoms with Gasteiger partial charge in [0.15, 0.2) is 0 Å². The molecule has 0 spiro atoms. The highest BCUT2D eigenvalue weighted by Crippen LogP contribution is 2.24. The van der Waals surface area contributed by atoms with Crippen LogP contribution < -0.4 is 4.94 Å². The molecule has 0 amide bonds. The highest BCUT2D eigenvalue weighted by molar-refractivity contribution is 7.02. The molecule has 0 fully saturated rings. The molecule has 0 aliphatic carbocycles. The number of rotatable bonds is 2. The van der Waals surface area contributed by atoms with Crippen molar-refractivity contribution in [1.82, 2.24) is 4.37 Å². The van der Waals surface area contributed by atoms with E-state index in [0.717, 1.165) is 28.2 Å². The van der Waals surface area contributed by atoms with E-state index in [2.05, 4.69) is 4.37 Å². The molecule has 18 heavy (non-hydrogen) atoms. The van der Waals surface area contributed by atoms with Gasteiger partial charge in [-0.25, -0.2) is 4.79 Å². The molecule has 0 aliphatic rings. The van der Waals surface area contributed by atoms with Crippen LogP contribution in [0.15, 0.2) is 63.8 Å². The second-order valence-electron chi connectivity index (χ2n) is 3.79. The van der Waals surface area contributed by atoms with E-state index in [9.17, 15) is 4.79 Å². The van der Waals surface area contributed by atoms with Crippen LogP contribution in [0.1, 0.15) is 0 Å². The van der Waals surface area contributed by atoms with Gasteiger partial charge in [0.05, 0.1) is 11.5 Å². The van der Waals surface area contributed by atoms with Crippen molar-refractivity contribution < 1.29 is 4.42 Å². The summed E-state index contributed by atoms with van der Waals surface area (Å²) in [4.78, 5) is 10.6. The van der Waals surface area contributed by atoms with Crippen molar-refractivity contribution in [3.05, 3.63) is 64.3 Å². The molecule has 0 saturated heterocycles. The Labute approximate surface area is 108 Å². The lowest BCUT2D eigenvalue weighted by Gasteiger charge is -2.02. The quantitative estimate of drug-likeness (QED) is 0.704. The van der Waals surface area contributed by atoms with Gasteiger partial charge >= 0.3 is 4.94 Å². The third-order valence-electron chi connectivity index (χ3n) is 2.60. The molecule has 3 nitrogen and oxygen atoms in total. The summed E-state index contributed by atoms with van der Waals surface area (Å²) in [7, 11) is 0. The first-order valence-corrected chi connectivity index (χ1v) is 6.23. The van der Waals surface area contributed by atoms with Crippen LogP contribution in [0.4, 0.5) is 0 Å². The van der Waals surface area contributed by atoms with Crippen molar-refractivity contribution in [2.75, 3.05) is 0 Å². The summed E-state index contributed by atoms with van der Waals surface area (Å²) in [6, 6.07) is 17.8. The molecule has 0 bridgehead atoms. The van der Waals surface area contributed by atoms with E-state index >= 15 is 0 Å². The molecule has 0 saturated carbocycles. The number of benzene rings is 2. The number of aromatic nitrogens is 1. The summed E-state index contributed by atoms with van der Waals surface area (Å²) in [5.74, 6) is 0.378. The Morgan fingerprint density at radius 3 is 2.33 bits per heavy atom. The van der Waals surface area contributed by atoms with Crippen LogP contribution in [0.2, 0.25) is 0 Å². The highest BCUT2D eigenvalue weighted by Gasteiger charge is 2.06. The van der Waals surface area contributed by atoms with E-state index < -0.39 is 0 Å². The van der Waals surface area contributed by atoms with Crippen molar-refractivity contribution in [2.24, 2.45) is 0 Å². The van der Waals surface area contributed by atoms with Crippen molar-refractivity contribution in [2.45, 2.75) is 0 Å². The van der Waals surface area contributed by atoms with Gasteiger partial charge in [0.25, 0.3) is 0 Å². The molecule has 0 N–H and O–H groups in total. The van der Waals surface area contributed by atoms with Gasteiger partial charge in [-0.1, -0.05) is 42.5 Å². The normalized spacial score (nSPS) is 10.4. The van der Waals surface area contributed by atoms with Gasteiger partial charge in [-0.15, -0.1) is 4.37 Å². The molecule has 0 aliphatic heterocycles. The highest BCUT2D eigenvalue weighted by atomic mass is 32.1. The molecule has 0 atom stereocenters. The Kier molecular flexibility index (Phi) is 2.78. The first kappa shape index (κ1) is 10.9. The van der Waals surface area contributed by atoms with Crippen LogP contribution in [0, 0.1) is 0 Å². The summed E-state index contributed by atoms with van der Waals surface area (Å²) < 4.78 is 9.00. The van der Waals surface area contributed by atoms with Crippen molar-refractivity contribution in [3.63, 3.8) is 0 Å². The molecule has 3 rings (SSSR count). The van der Waals surface area contributed by atoms with Crippen LogP contribution in [-0.2, 0) is 0 Å². The van der Waals surface area contributed by atoms with Gasteiger partial charge in [0, 0.05) is 5.56 Å². The monoisotopic (exact) mass is 255 g/mol. The van der Waals surface area contributed by atoms with Crippen molar-refractivity contribution in [3.8, 4) is 22.6 Å². The van der Waals surface area contributed by atoms with Crippen molar-refractivity contribution in [1.29, 1.82) is 0 Å². The second-order valence-corrected chi connectivity index (χ2v) is 4.49. The summed E-state index contributed by atoms with van der Waals surface area (Å²) in [5.41, 5.74) is 3.01. The molecule has 2 aromatic carbocycles. The van der Waals surface area contributed by atoms with Gasteiger partial charge in [0.1, 0.15) is 0 Å². The van der Waals surface area contributed by atoms with Crippen LogP contribution >= 0.6 is 11.5 Å². The second kappa shape index (κ2) is 4.58. The van der Waals surface area contributed by atoms with Gasteiger partial charge in [0.2, 0.25) is 5.89 Å². The van der Waals surface area contributed by atoms with E-state index in [1.54, 1.807) is 0 Å². The average Bonchev–Trinajstić information content (AvgIpc) is 2.87. The standard InChI is InChI=1S/C14H9NO2S/c16-14-17-13(15-18-14)12-8-4-7-11(9-12)10-5-2-1-3-6-10/h1-9H. The van der Waals surface area contributed by atoms with E-state index in [4.69, 9.17) is 4.42 Å². The third kappa shape index (κ3) is 2.10. The predicted octanol–water partition coefficient (Wildman–Crippen LogP) is 3.43. The summed E-state index contributed by atoms with van der Waals surface area (Å²) >= 11 is 0.829. The third-order valence-corrected chi connectivity index (χ3v) is 3.09. The van der Waals surface area contributed by atoms with Crippen LogP contribution in [-0.4, -0.2) is 4.37 Å². The summed E-state index contributed by atoms with van der Waals surface area (Å²) in [6.45, 7) is 0. The predicted molar refractivity (Wildman–Crippen MR) is 71.5 cm³/mol. The van der Waals surface area contributed by atoms with Gasteiger partial charge in [-0.3, -0.25) is 0 Å². The van der Waals surface area contributed by atoms with Crippen LogP contribution in [0.5, 0.6) is 0 Å². The molecule has 3 aromatic rings. The smallest absolute Gasteiger partial charge is 0.394 e. The fraction of sp³-hybridized carbons (Fsp3) is 0. The maximum atomic E-state index is 11.0. The summed E-state index contributed by atoms with van der Waals surface area (Å²) in [5, 5.41) is 0. The molecular weight excluding hydrogens is 246 g/mol. The molecule has 1 aromatic heterocycles. The minimum Gasteiger partial charge on any atom is -0.394 e. The topological polar surface area (TPSA) is 43.1 Å². The Hall–Kier alpha value is -2.20. The van der Waals surface area contributed by atoms with E-state index in [1.165, 1.54) is 0 Å². The maximum absolute atomic E-state index is 11.0. The van der Waals surface area contributed by atoms with Gasteiger partial charge in [-0.2, -0.15) is 0 Å². The molecule has 0 unspecified atom stereocenters. The molecule has 1 heterocycles. The Morgan fingerprint density at radius 1 is 0.889 bits per heavy atom. The summed E-state index contributed by atoms with van der Waals surface area (Å²) in [6.07, 6.45) is 0. The van der Waals surface area contributed by atoms with Crippen molar-refractivity contribution >= 4 is 11.5 Å². The number of hydrogen-bond donors (Lipinski definition) is 0. The fourth-order valence-electron chi connectivity index (χ4n) is 1.77. The fourth-order valence-corrected chi connectivity index (χ4v) is 2.19. The Bertz CT molecular complexity index is 716. The minimum atomic E-state index is -0.380. The minimum absolute atomic E-state index is 0.378. The molecular formula is C14H9NO2S. The maximum Gasteiger partial charge on any atom is 0.414 e. The Balaban J connectivity index is 2.07. The van der Waals surface area contributed by atoms with Gasteiger partial charge in [-0.05, 0) is 23.3 Å². The lowest BCUT2D eigenvalue weighted by molar-refractivity contribution is 0.543. The lowest BCUT2D eigenvalue weighted by atomic mass is 10.0. The first-order valence-electron chi connectivity index (χ1n) is 5.45. The molecule has 0 radical (unpaired) electrons.